The van der Waals surface area contributed by atoms with Crippen molar-refractivity contribution in [3.8, 4) is 0 Å². The van der Waals surface area contributed by atoms with Crippen LogP contribution in [0, 0.1) is 0 Å². The van der Waals surface area contributed by atoms with E-state index in [9.17, 15) is 19.2 Å². The molecule has 1 fully saturated rings. The van der Waals surface area contributed by atoms with Crippen molar-refractivity contribution in [2.24, 2.45) is 0 Å². The third-order valence-corrected chi connectivity index (χ3v) is 5.18. The Kier molecular flexibility index (Phi) is 7.36. The largest absolute Gasteiger partial charge is 0.355 e. The highest BCUT2D eigenvalue weighted by Gasteiger charge is 2.50. The maximum atomic E-state index is 12.9. The van der Waals surface area contributed by atoms with Crippen molar-refractivity contribution in [2.45, 2.75) is 51.6 Å². The van der Waals surface area contributed by atoms with Crippen LogP contribution in [0.2, 0.25) is 0 Å². The van der Waals surface area contributed by atoms with E-state index in [1.165, 1.54) is 4.90 Å². The maximum Gasteiger partial charge on any atom is 0.325 e. The van der Waals surface area contributed by atoms with Crippen LogP contribution in [0.5, 0.6) is 0 Å². The number of carbonyl (C=O) groups excluding carboxylic acids is 4. The number of carbonyl (C=O) groups is 4. The molecule has 0 unspecified atom stereocenters. The summed E-state index contributed by atoms with van der Waals surface area (Å²) in [5, 5.41) is 5.37. The van der Waals surface area contributed by atoms with E-state index in [4.69, 9.17) is 0 Å². The number of amides is 5. The van der Waals surface area contributed by atoms with Crippen LogP contribution in [-0.4, -0.2) is 59.7 Å². The second kappa shape index (κ2) is 9.54. The van der Waals surface area contributed by atoms with Crippen LogP contribution in [0.4, 0.5) is 4.79 Å². The zero-order valence-corrected chi connectivity index (χ0v) is 17.6. The quantitative estimate of drug-likeness (QED) is 0.616. The van der Waals surface area contributed by atoms with Gasteiger partial charge in [-0.1, -0.05) is 38.8 Å². The first-order valence-corrected chi connectivity index (χ1v) is 9.97. The average molecular weight is 402 g/mol. The van der Waals surface area contributed by atoms with Gasteiger partial charge in [0, 0.05) is 26.2 Å². The van der Waals surface area contributed by atoms with Crippen LogP contribution < -0.4 is 10.6 Å². The van der Waals surface area contributed by atoms with Gasteiger partial charge >= 0.3 is 6.03 Å². The minimum atomic E-state index is -0.894. The van der Waals surface area contributed by atoms with Crippen molar-refractivity contribution in [2.75, 3.05) is 20.6 Å². The molecule has 29 heavy (non-hydrogen) atoms. The molecule has 2 rings (SSSR count). The van der Waals surface area contributed by atoms with Gasteiger partial charge in [0.05, 0.1) is 0 Å². The van der Waals surface area contributed by atoms with Gasteiger partial charge in [-0.3, -0.25) is 19.3 Å². The van der Waals surface area contributed by atoms with E-state index in [1.807, 2.05) is 13.8 Å². The van der Waals surface area contributed by atoms with Crippen LogP contribution in [0.1, 0.15) is 55.5 Å². The number of imide groups is 1. The molecule has 158 valence electrons. The minimum absolute atomic E-state index is 0.179. The Bertz CT molecular complexity index is 769. The van der Waals surface area contributed by atoms with Crippen LogP contribution in [0.15, 0.2) is 24.3 Å². The molecule has 1 aliphatic heterocycles. The topological polar surface area (TPSA) is 98.8 Å². The molecule has 0 spiro atoms. The molecule has 5 amide bonds. The third-order valence-electron chi connectivity index (χ3n) is 5.18. The molecular formula is C21H30N4O4. The van der Waals surface area contributed by atoms with E-state index in [0.717, 1.165) is 23.3 Å². The van der Waals surface area contributed by atoms with E-state index in [1.54, 1.807) is 38.4 Å². The summed E-state index contributed by atoms with van der Waals surface area (Å²) < 4.78 is 0. The lowest BCUT2D eigenvalue weighted by molar-refractivity contribution is -0.138. The summed E-state index contributed by atoms with van der Waals surface area (Å²) in [4.78, 5) is 52.0. The zero-order chi connectivity index (χ0) is 21.6. The molecule has 0 bridgehead atoms. The normalized spacial score (nSPS) is 15.2. The standard InChI is InChI=1S/C21H30N4O4/c1-5-11-21(12-6-2)19(28)25(20(29)23-21)14-17(26)24(4)13-15-7-9-16(10-8-15)18(27)22-3/h7-10H,5-6,11-14H2,1-4H3,(H,22,27)(H,23,29). The van der Waals surface area contributed by atoms with Crippen LogP contribution in [0.3, 0.4) is 0 Å². The molecule has 0 atom stereocenters. The van der Waals surface area contributed by atoms with Gasteiger partial charge in [-0.05, 0) is 30.5 Å². The Hall–Kier alpha value is -2.90. The maximum absolute atomic E-state index is 12.9. The third kappa shape index (κ3) is 4.93. The highest BCUT2D eigenvalue weighted by molar-refractivity contribution is 6.09. The van der Waals surface area contributed by atoms with Gasteiger partial charge < -0.3 is 15.5 Å². The molecule has 1 aromatic carbocycles. The second-order valence-electron chi connectivity index (χ2n) is 7.43. The van der Waals surface area contributed by atoms with E-state index < -0.39 is 11.6 Å². The first-order valence-electron chi connectivity index (χ1n) is 9.97. The number of rotatable bonds is 9. The Balaban J connectivity index is 2.02. The summed E-state index contributed by atoms with van der Waals surface area (Å²) in [5.41, 5.74) is 0.486. The molecule has 1 aromatic rings. The van der Waals surface area contributed by atoms with E-state index in [2.05, 4.69) is 10.6 Å². The number of hydrogen-bond acceptors (Lipinski definition) is 4. The molecule has 2 N–H and O–H groups in total. The van der Waals surface area contributed by atoms with Gasteiger partial charge in [-0.2, -0.15) is 0 Å². The van der Waals surface area contributed by atoms with Crippen LogP contribution >= 0.6 is 0 Å². The minimum Gasteiger partial charge on any atom is -0.355 e. The monoisotopic (exact) mass is 402 g/mol. The molecule has 0 aromatic heterocycles. The Morgan fingerprint density at radius 2 is 1.69 bits per heavy atom. The van der Waals surface area contributed by atoms with Crippen LogP contribution in [-0.2, 0) is 16.1 Å². The highest BCUT2D eigenvalue weighted by atomic mass is 16.2. The zero-order valence-electron chi connectivity index (χ0n) is 17.6. The fourth-order valence-electron chi connectivity index (χ4n) is 3.66. The van der Waals surface area contributed by atoms with E-state index >= 15 is 0 Å². The van der Waals surface area contributed by atoms with Crippen molar-refractivity contribution >= 4 is 23.8 Å². The number of nitrogens with one attached hydrogen (secondary N) is 2. The van der Waals surface area contributed by atoms with Gasteiger partial charge in [-0.15, -0.1) is 0 Å². The highest BCUT2D eigenvalue weighted by Crippen LogP contribution is 2.28. The van der Waals surface area contributed by atoms with Crippen LogP contribution in [0.25, 0.3) is 0 Å². The van der Waals surface area contributed by atoms with Gasteiger partial charge in [0.2, 0.25) is 5.91 Å². The van der Waals surface area contributed by atoms with Crippen molar-refractivity contribution in [3.63, 3.8) is 0 Å². The molecule has 8 heteroatoms. The number of hydrogen-bond donors (Lipinski definition) is 2. The van der Waals surface area contributed by atoms with Crippen molar-refractivity contribution < 1.29 is 19.2 Å². The summed E-state index contributed by atoms with van der Waals surface area (Å²) in [6.45, 7) is 3.96. The van der Waals surface area contributed by atoms with Crippen molar-refractivity contribution in [1.82, 2.24) is 20.4 Å². The summed E-state index contributed by atoms with van der Waals surface area (Å²) in [6.07, 6.45) is 2.65. The number of urea groups is 1. The Morgan fingerprint density at radius 1 is 1.10 bits per heavy atom. The summed E-state index contributed by atoms with van der Waals surface area (Å²) >= 11 is 0. The van der Waals surface area contributed by atoms with Gasteiger partial charge in [0.25, 0.3) is 11.8 Å². The lowest BCUT2D eigenvalue weighted by Gasteiger charge is -2.26. The molecule has 0 saturated carbocycles. The molecule has 0 radical (unpaired) electrons. The first-order chi connectivity index (χ1) is 13.8. The molecule has 1 heterocycles. The average Bonchev–Trinajstić information content (AvgIpc) is 2.92. The number of benzene rings is 1. The first kappa shape index (κ1) is 22.4. The summed E-state index contributed by atoms with van der Waals surface area (Å²) in [6, 6.07) is 6.42. The molecule has 1 saturated heterocycles. The Labute approximate surface area is 171 Å². The van der Waals surface area contributed by atoms with E-state index in [-0.39, 0.29) is 24.3 Å². The second-order valence-corrected chi connectivity index (χ2v) is 7.43. The van der Waals surface area contributed by atoms with Gasteiger partial charge in [0.15, 0.2) is 0 Å². The predicted molar refractivity (Wildman–Crippen MR) is 109 cm³/mol. The smallest absolute Gasteiger partial charge is 0.325 e. The van der Waals surface area contributed by atoms with Gasteiger partial charge in [-0.25, -0.2) is 4.79 Å². The Morgan fingerprint density at radius 3 is 2.21 bits per heavy atom. The van der Waals surface area contributed by atoms with Crippen molar-refractivity contribution in [1.29, 1.82) is 0 Å². The van der Waals surface area contributed by atoms with E-state index in [0.29, 0.717) is 24.9 Å². The van der Waals surface area contributed by atoms with Crippen molar-refractivity contribution in [3.05, 3.63) is 35.4 Å². The molecule has 0 aliphatic carbocycles. The molecule has 1 aliphatic rings. The van der Waals surface area contributed by atoms with Gasteiger partial charge in [0.1, 0.15) is 12.1 Å². The lowest BCUT2D eigenvalue weighted by Crippen LogP contribution is -2.47. The molecule has 8 nitrogen and oxygen atoms in total. The predicted octanol–water partition coefficient (Wildman–Crippen LogP) is 1.90. The SMILES string of the molecule is CCCC1(CCC)NC(=O)N(CC(=O)N(C)Cc2ccc(C(=O)NC)cc2)C1=O. The lowest BCUT2D eigenvalue weighted by atomic mass is 9.88. The fraction of sp³-hybridized carbons (Fsp3) is 0.524. The number of nitrogens with zero attached hydrogens (tertiary/aromatic N) is 2. The molecular weight excluding hydrogens is 372 g/mol. The summed E-state index contributed by atoms with van der Waals surface area (Å²) in [7, 11) is 3.19. The summed E-state index contributed by atoms with van der Waals surface area (Å²) in [5.74, 6) is -0.822. The number of likely N-dealkylation sites (N-methyl/N-ethyl adjacent to an activating group) is 1. The fourth-order valence-corrected chi connectivity index (χ4v) is 3.66.